The van der Waals surface area contributed by atoms with Crippen LogP contribution in [0, 0.1) is 0 Å². The quantitative estimate of drug-likeness (QED) is 0.333. The van der Waals surface area contributed by atoms with Crippen LogP contribution < -0.4 is 5.32 Å². The van der Waals surface area contributed by atoms with Gasteiger partial charge in [0.1, 0.15) is 5.76 Å². The van der Waals surface area contributed by atoms with Crippen LogP contribution in [-0.4, -0.2) is 41.5 Å². The van der Waals surface area contributed by atoms with Crippen molar-refractivity contribution < 1.29 is 28.3 Å². The lowest BCUT2D eigenvalue weighted by atomic mass is 10.1. The van der Waals surface area contributed by atoms with Crippen LogP contribution in [0.2, 0.25) is 0 Å². The van der Waals surface area contributed by atoms with Crippen molar-refractivity contribution in [3.8, 4) is 0 Å². The first-order valence-corrected chi connectivity index (χ1v) is 10.8. The molecule has 4 rings (SSSR count). The first kappa shape index (κ1) is 21.4. The summed E-state index contributed by atoms with van der Waals surface area (Å²) >= 11 is 1.54. The molecule has 1 aromatic heterocycles. The Labute approximate surface area is 187 Å². The molecule has 0 fully saturated rings. The molecule has 9 heteroatoms. The summed E-state index contributed by atoms with van der Waals surface area (Å²) in [6.45, 7) is -0.492. The molecule has 1 aliphatic rings. The summed E-state index contributed by atoms with van der Waals surface area (Å²) in [6, 6.07) is 14.7. The Kier molecular flexibility index (Phi) is 6.09. The number of fused-ring (bicyclic) bond motifs is 1. The van der Waals surface area contributed by atoms with E-state index in [-0.39, 0.29) is 23.2 Å². The summed E-state index contributed by atoms with van der Waals surface area (Å²) in [4.78, 5) is 51.8. The van der Waals surface area contributed by atoms with E-state index in [9.17, 15) is 19.2 Å². The van der Waals surface area contributed by atoms with Crippen molar-refractivity contribution in [2.75, 3.05) is 18.2 Å². The minimum atomic E-state index is -0.773. The Morgan fingerprint density at radius 1 is 1.03 bits per heavy atom. The van der Waals surface area contributed by atoms with E-state index in [4.69, 9.17) is 9.15 Å². The van der Waals surface area contributed by atoms with Crippen molar-refractivity contribution in [1.29, 1.82) is 0 Å². The van der Waals surface area contributed by atoms with E-state index < -0.39 is 30.3 Å². The summed E-state index contributed by atoms with van der Waals surface area (Å²) < 4.78 is 10.3. The zero-order valence-electron chi connectivity index (χ0n) is 17.0. The third-order valence-corrected chi connectivity index (χ3v) is 5.51. The normalized spacial score (nSPS) is 12.6. The van der Waals surface area contributed by atoms with Gasteiger partial charge in [-0.25, -0.2) is 4.79 Å². The van der Waals surface area contributed by atoms with Gasteiger partial charge >= 0.3 is 5.97 Å². The maximum atomic E-state index is 12.7. The number of carbonyl (C=O) groups excluding carboxylic acids is 4. The second-order valence-corrected chi connectivity index (χ2v) is 7.77. The summed E-state index contributed by atoms with van der Waals surface area (Å²) in [7, 11) is 0. The number of hydrogen-bond donors (Lipinski definition) is 1. The molecule has 0 radical (unpaired) electrons. The number of anilines is 1. The molecule has 32 heavy (non-hydrogen) atoms. The van der Waals surface area contributed by atoms with Gasteiger partial charge in [0.15, 0.2) is 6.61 Å². The van der Waals surface area contributed by atoms with Crippen molar-refractivity contribution in [2.45, 2.75) is 11.4 Å². The minimum absolute atomic E-state index is 0.00294. The third kappa shape index (κ3) is 4.42. The standard InChI is InChI=1S/C23H18N2O6S/c1-32-17-6-2-4-15(11-17)24-20(26)13-31-23(29)14-7-8-18-19(10-14)22(28)25(21(18)27)12-16-5-3-9-30-16/h2-11H,12-13H2,1H3,(H,24,26). The smallest absolute Gasteiger partial charge is 0.338 e. The molecule has 0 atom stereocenters. The van der Waals surface area contributed by atoms with Crippen molar-refractivity contribution in [1.82, 2.24) is 4.90 Å². The number of nitrogens with one attached hydrogen (secondary N) is 1. The predicted octanol–water partition coefficient (Wildman–Crippen LogP) is 3.59. The number of amides is 3. The van der Waals surface area contributed by atoms with Crippen molar-refractivity contribution in [3.05, 3.63) is 83.3 Å². The zero-order chi connectivity index (χ0) is 22.7. The topological polar surface area (TPSA) is 106 Å². The lowest BCUT2D eigenvalue weighted by Crippen LogP contribution is -2.28. The molecule has 3 aromatic rings. The predicted molar refractivity (Wildman–Crippen MR) is 116 cm³/mol. The molecule has 1 aliphatic heterocycles. The highest BCUT2D eigenvalue weighted by molar-refractivity contribution is 7.98. The Balaban J connectivity index is 1.39. The van der Waals surface area contributed by atoms with E-state index in [0.717, 1.165) is 9.80 Å². The number of carbonyl (C=O) groups is 4. The summed E-state index contributed by atoms with van der Waals surface area (Å²) in [5.74, 6) is -1.79. The first-order chi connectivity index (χ1) is 15.5. The maximum absolute atomic E-state index is 12.7. The average molecular weight is 450 g/mol. The van der Waals surface area contributed by atoms with E-state index in [1.807, 2.05) is 24.5 Å². The fourth-order valence-corrected chi connectivity index (χ4v) is 3.69. The molecule has 1 N–H and O–H groups in total. The van der Waals surface area contributed by atoms with Crippen molar-refractivity contribution in [2.24, 2.45) is 0 Å². The molecular formula is C23H18N2O6S. The number of benzene rings is 2. The molecule has 0 saturated heterocycles. The summed E-state index contributed by atoms with van der Waals surface area (Å²) in [5.41, 5.74) is 0.969. The number of thioether (sulfide) groups is 1. The molecule has 0 unspecified atom stereocenters. The van der Waals surface area contributed by atoms with E-state index >= 15 is 0 Å². The summed E-state index contributed by atoms with van der Waals surface area (Å²) in [5, 5.41) is 2.66. The molecule has 3 amide bonds. The largest absolute Gasteiger partial charge is 0.467 e. The van der Waals surface area contributed by atoms with E-state index in [2.05, 4.69) is 5.32 Å². The van der Waals surface area contributed by atoms with Gasteiger partial charge in [0, 0.05) is 10.6 Å². The van der Waals surface area contributed by atoms with E-state index in [1.165, 1.54) is 36.2 Å². The molecular weight excluding hydrogens is 432 g/mol. The van der Waals surface area contributed by atoms with Crippen LogP contribution in [0.3, 0.4) is 0 Å². The van der Waals surface area contributed by atoms with Crippen LogP contribution >= 0.6 is 11.8 Å². The number of furan rings is 1. The average Bonchev–Trinajstić information content (AvgIpc) is 3.40. The number of nitrogens with zero attached hydrogens (tertiary/aromatic N) is 1. The highest BCUT2D eigenvalue weighted by Crippen LogP contribution is 2.26. The number of imide groups is 1. The highest BCUT2D eigenvalue weighted by atomic mass is 32.2. The second-order valence-electron chi connectivity index (χ2n) is 6.89. The number of ether oxygens (including phenoxy) is 1. The van der Waals surface area contributed by atoms with Crippen LogP contribution in [0.15, 0.2) is 70.2 Å². The van der Waals surface area contributed by atoms with Crippen LogP contribution in [0.25, 0.3) is 0 Å². The van der Waals surface area contributed by atoms with Gasteiger partial charge in [-0.1, -0.05) is 6.07 Å². The molecule has 0 saturated carbocycles. The third-order valence-electron chi connectivity index (χ3n) is 4.79. The van der Waals surface area contributed by atoms with Crippen LogP contribution in [0.4, 0.5) is 5.69 Å². The van der Waals surface area contributed by atoms with Crippen LogP contribution in [-0.2, 0) is 16.1 Å². The number of rotatable bonds is 7. The van der Waals surface area contributed by atoms with Gasteiger partial charge in [0.2, 0.25) is 0 Å². The number of hydrogen-bond acceptors (Lipinski definition) is 7. The van der Waals surface area contributed by atoms with E-state index in [0.29, 0.717) is 11.4 Å². The monoisotopic (exact) mass is 450 g/mol. The Morgan fingerprint density at radius 2 is 1.84 bits per heavy atom. The van der Waals surface area contributed by atoms with Crippen LogP contribution in [0.1, 0.15) is 36.8 Å². The van der Waals surface area contributed by atoms with Crippen molar-refractivity contribution >= 4 is 41.1 Å². The number of esters is 1. The van der Waals surface area contributed by atoms with Gasteiger partial charge in [-0.2, -0.15) is 0 Å². The van der Waals surface area contributed by atoms with Crippen molar-refractivity contribution in [3.63, 3.8) is 0 Å². The Morgan fingerprint density at radius 3 is 2.59 bits per heavy atom. The Hall–Kier alpha value is -3.85. The van der Waals surface area contributed by atoms with E-state index in [1.54, 1.807) is 18.2 Å². The Bertz CT molecular complexity index is 1200. The fourth-order valence-electron chi connectivity index (χ4n) is 3.23. The molecule has 0 bridgehead atoms. The lowest BCUT2D eigenvalue weighted by Gasteiger charge is -2.11. The van der Waals surface area contributed by atoms with Crippen LogP contribution in [0.5, 0.6) is 0 Å². The lowest BCUT2D eigenvalue weighted by molar-refractivity contribution is -0.119. The molecule has 2 aromatic carbocycles. The molecule has 162 valence electrons. The molecule has 2 heterocycles. The molecule has 8 nitrogen and oxygen atoms in total. The SMILES string of the molecule is CSc1cccc(NC(=O)COC(=O)c2ccc3c(c2)C(=O)N(Cc2ccco2)C3=O)c1. The summed E-state index contributed by atoms with van der Waals surface area (Å²) in [6.07, 6.45) is 3.38. The second kappa shape index (κ2) is 9.11. The van der Waals surface area contributed by atoms with Gasteiger partial charge in [0.25, 0.3) is 17.7 Å². The highest BCUT2D eigenvalue weighted by Gasteiger charge is 2.36. The van der Waals surface area contributed by atoms with Gasteiger partial charge in [0.05, 0.1) is 29.5 Å². The molecule has 0 aliphatic carbocycles. The zero-order valence-corrected chi connectivity index (χ0v) is 17.8. The first-order valence-electron chi connectivity index (χ1n) is 9.60. The van der Waals surface area contributed by atoms with Gasteiger partial charge < -0.3 is 14.5 Å². The maximum Gasteiger partial charge on any atom is 0.338 e. The minimum Gasteiger partial charge on any atom is -0.467 e. The molecule has 0 spiro atoms. The van der Waals surface area contributed by atoms with Gasteiger partial charge in [-0.05, 0) is 54.8 Å². The van der Waals surface area contributed by atoms with Gasteiger partial charge in [-0.3, -0.25) is 19.3 Å². The fraction of sp³-hybridized carbons (Fsp3) is 0.130. The van der Waals surface area contributed by atoms with Gasteiger partial charge in [-0.15, -0.1) is 11.8 Å².